The van der Waals surface area contributed by atoms with E-state index in [9.17, 15) is 5.11 Å². The third-order valence-corrected chi connectivity index (χ3v) is 1.72. The van der Waals surface area contributed by atoms with Crippen LogP contribution in [-0.2, 0) is 4.74 Å². The Morgan fingerprint density at radius 3 is 2.89 bits per heavy atom. The summed E-state index contributed by atoms with van der Waals surface area (Å²) in [4.78, 5) is 0. The summed E-state index contributed by atoms with van der Waals surface area (Å²) in [5.74, 6) is -0.965. The van der Waals surface area contributed by atoms with Crippen molar-refractivity contribution in [1.29, 1.82) is 0 Å². The molecule has 1 atom stereocenters. The molecule has 0 saturated carbocycles. The maximum absolute atomic E-state index is 9.25. The molecule has 1 aliphatic rings. The minimum atomic E-state index is -0.965. The lowest BCUT2D eigenvalue weighted by Gasteiger charge is -2.27. The van der Waals surface area contributed by atoms with Gasteiger partial charge in [0, 0.05) is 13.3 Å². The van der Waals surface area contributed by atoms with E-state index >= 15 is 0 Å². The van der Waals surface area contributed by atoms with Crippen LogP contribution in [0.4, 0.5) is 0 Å². The average molecular weight is 193 g/mol. The Bertz CT molecular complexity index is 140. The molecule has 1 rings (SSSR count). The maximum atomic E-state index is 9.25. The van der Waals surface area contributed by atoms with E-state index in [1.54, 1.807) is 6.92 Å². The second kappa shape index (κ2) is 2.31. The highest BCUT2D eigenvalue weighted by Crippen LogP contribution is 2.26. The summed E-state index contributed by atoms with van der Waals surface area (Å²) in [5.41, 5.74) is 0. The van der Waals surface area contributed by atoms with Crippen LogP contribution in [0.25, 0.3) is 0 Å². The van der Waals surface area contributed by atoms with Gasteiger partial charge in [-0.05, 0) is 28.4 Å². The fourth-order valence-corrected chi connectivity index (χ4v) is 1.33. The first-order valence-corrected chi connectivity index (χ1v) is 3.66. The number of hydrogen-bond donors (Lipinski definition) is 1. The van der Waals surface area contributed by atoms with Gasteiger partial charge in [-0.15, -0.1) is 0 Å². The van der Waals surface area contributed by atoms with Crippen molar-refractivity contribution in [2.75, 3.05) is 0 Å². The third-order valence-electron chi connectivity index (χ3n) is 1.23. The standard InChI is InChI=1S/C6H9BrO2/c1-6(8)4-2-3-5(7)9-6/h3,8H,2,4H2,1H3. The topological polar surface area (TPSA) is 29.5 Å². The Labute approximate surface area is 62.6 Å². The summed E-state index contributed by atoms with van der Waals surface area (Å²) in [6.45, 7) is 1.65. The predicted octanol–water partition coefficient (Wildman–Crippen LogP) is 1.74. The highest BCUT2D eigenvalue weighted by Gasteiger charge is 2.24. The fourth-order valence-electron chi connectivity index (χ4n) is 0.756. The molecule has 0 aromatic rings. The normalized spacial score (nSPS) is 35.2. The third kappa shape index (κ3) is 1.99. The van der Waals surface area contributed by atoms with Gasteiger partial charge in [-0.2, -0.15) is 0 Å². The molecule has 52 valence electrons. The Morgan fingerprint density at radius 2 is 2.56 bits per heavy atom. The molecule has 2 nitrogen and oxygen atoms in total. The molecule has 0 radical (unpaired) electrons. The van der Waals surface area contributed by atoms with Crippen LogP contribution in [0.2, 0.25) is 0 Å². The van der Waals surface area contributed by atoms with Crippen LogP contribution in [0.5, 0.6) is 0 Å². The van der Waals surface area contributed by atoms with Crippen LogP contribution in [0.15, 0.2) is 10.7 Å². The van der Waals surface area contributed by atoms with Crippen LogP contribution in [0, 0.1) is 0 Å². The summed E-state index contributed by atoms with van der Waals surface area (Å²) in [7, 11) is 0. The van der Waals surface area contributed by atoms with Gasteiger partial charge >= 0.3 is 0 Å². The van der Waals surface area contributed by atoms with Gasteiger partial charge in [0.2, 0.25) is 5.79 Å². The quantitative estimate of drug-likeness (QED) is 0.634. The predicted molar refractivity (Wildman–Crippen MR) is 38.0 cm³/mol. The lowest BCUT2D eigenvalue weighted by molar-refractivity contribution is -0.164. The zero-order valence-electron chi connectivity index (χ0n) is 5.22. The number of allylic oxidation sites excluding steroid dienone is 1. The van der Waals surface area contributed by atoms with E-state index in [2.05, 4.69) is 15.9 Å². The molecule has 0 spiro atoms. The molecular formula is C6H9BrO2. The molecule has 1 heterocycles. The summed E-state index contributed by atoms with van der Waals surface area (Å²) in [6.07, 6.45) is 3.44. The Balaban J connectivity index is 2.59. The highest BCUT2D eigenvalue weighted by molar-refractivity contribution is 9.11. The minimum Gasteiger partial charge on any atom is -0.456 e. The molecule has 0 amide bonds. The number of aliphatic hydroxyl groups is 1. The Hall–Kier alpha value is -0.0200. The smallest absolute Gasteiger partial charge is 0.206 e. The van der Waals surface area contributed by atoms with E-state index in [0.29, 0.717) is 11.1 Å². The van der Waals surface area contributed by atoms with Gasteiger partial charge in [-0.25, -0.2) is 0 Å². The van der Waals surface area contributed by atoms with E-state index < -0.39 is 5.79 Å². The minimum absolute atomic E-state index is 0.638. The largest absolute Gasteiger partial charge is 0.456 e. The first-order chi connectivity index (χ1) is 4.10. The van der Waals surface area contributed by atoms with Crippen molar-refractivity contribution in [2.45, 2.75) is 25.6 Å². The molecule has 9 heavy (non-hydrogen) atoms. The van der Waals surface area contributed by atoms with Crippen molar-refractivity contribution in [3.05, 3.63) is 10.7 Å². The van der Waals surface area contributed by atoms with Gasteiger partial charge in [0.25, 0.3) is 0 Å². The number of halogens is 1. The lowest BCUT2D eigenvalue weighted by Crippen LogP contribution is -2.28. The van der Waals surface area contributed by atoms with Crippen molar-refractivity contribution >= 4 is 15.9 Å². The monoisotopic (exact) mass is 192 g/mol. The van der Waals surface area contributed by atoms with E-state index in [1.807, 2.05) is 6.08 Å². The zero-order chi connectivity index (χ0) is 6.91. The molecule has 1 aliphatic heterocycles. The Morgan fingerprint density at radius 1 is 1.89 bits per heavy atom. The van der Waals surface area contributed by atoms with Crippen molar-refractivity contribution in [1.82, 2.24) is 0 Å². The van der Waals surface area contributed by atoms with Gasteiger partial charge in [-0.3, -0.25) is 0 Å². The van der Waals surface area contributed by atoms with E-state index in [1.165, 1.54) is 0 Å². The highest BCUT2D eigenvalue weighted by atomic mass is 79.9. The number of ether oxygens (including phenoxy) is 1. The molecule has 0 aromatic carbocycles. The first kappa shape index (κ1) is 7.09. The lowest BCUT2D eigenvalue weighted by atomic mass is 10.1. The van der Waals surface area contributed by atoms with E-state index in [4.69, 9.17) is 4.74 Å². The molecule has 0 aromatic heterocycles. The van der Waals surface area contributed by atoms with E-state index in [-0.39, 0.29) is 0 Å². The second-order valence-electron chi connectivity index (χ2n) is 2.32. The van der Waals surface area contributed by atoms with Crippen molar-refractivity contribution in [3.8, 4) is 0 Å². The SMILES string of the molecule is CC1(O)CCC=C(Br)O1. The fraction of sp³-hybridized carbons (Fsp3) is 0.667. The molecule has 0 aliphatic carbocycles. The van der Waals surface area contributed by atoms with Gasteiger partial charge in [0.15, 0.2) is 4.67 Å². The van der Waals surface area contributed by atoms with Gasteiger partial charge in [-0.1, -0.05) is 0 Å². The number of hydrogen-bond acceptors (Lipinski definition) is 2. The van der Waals surface area contributed by atoms with Crippen LogP contribution in [0.3, 0.4) is 0 Å². The summed E-state index contributed by atoms with van der Waals surface area (Å²) >= 11 is 3.14. The van der Waals surface area contributed by atoms with Crippen LogP contribution < -0.4 is 0 Å². The van der Waals surface area contributed by atoms with Crippen molar-refractivity contribution < 1.29 is 9.84 Å². The summed E-state index contributed by atoms with van der Waals surface area (Å²) in [6, 6.07) is 0. The summed E-state index contributed by atoms with van der Waals surface area (Å²) in [5, 5.41) is 9.25. The molecule has 0 fully saturated rings. The van der Waals surface area contributed by atoms with Gasteiger partial charge in [0.05, 0.1) is 0 Å². The second-order valence-corrected chi connectivity index (χ2v) is 3.11. The average Bonchev–Trinajstić information content (AvgIpc) is 1.60. The van der Waals surface area contributed by atoms with Gasteiger partial charge in [0.1, 0.15) is 0 Å². The molecular weight excluding hydrogens is 184 g/mol. The van der Waals surface area contributed by atoms with Gasteiger partial charge < -0.3 is 9.84 Å². The molecule has 0 bridgehead atoms. The van der Waals surface area contributed by atoms with Crippen LogP contribution in [0.1, 0.15) is 19.8 Å². The first-order valence-electron chi connectivity index (χ1n) is 2.87. The van der Waals surface area contributed by atoms with Crippen molar-refractivity contribution in [3.63, 3.8) is 0 Å². The molecule has 1 unspecified atom stereocenters. The number of rotatable bonds is 0. The molecule has 3 heteroatoms. The van der Waals surface area contributed by atoms with E-state index in [0.717, 1.165) is 6.42 Å². The van der Waals surface area contributed by atoms with Crippen LogP contribution >= 0.6 is 15.9 Å². The molecule has 0 saturated heterocycles. The van der Waals surface area contributed by atoms with Crippen LogP contribution in [-0.4, -0.2) is 10.9 Å². The summed E-state index contributed by atoms with van der Waals surface area (Å²) < 4.78 is 5.64. The maximum Gasteiger partial charge on any atom is 0.206 e. The zero-order valence-corrected chi connectivity index (χ0v) is 6.81. The van der Waals surface area contributed by atoms with Crippen molar-refractivity contribution in [2.24, 2.45) is 0 Å². The molecule has 1 N–H and O–H groups in total. The Kier molecular flexibility index (Phi) is 1.82.